The van der Waals surface area contributed by atoms with Gasteiger partial charge in [0.05, 0.1) is 23.9 Å². The van der Waals surface area contributed by atoms with Crippen LogP contribution >= 0.6 is 11.3 Å². The summed E-state index contributed by atoms with van der Waals surface area (Å²) in [5.41, 5.74) is 2.37. The van der Waals surface area contributed by atoms with Crippen LogP contribution in [0.5, 0.6) is 0 Å². The lowest BCUT2D eigenvalue weighted by Crippen LogP contribution is -2.36. The fourth-order valence-corrected chi connectivity index (χ4v) is 2.12. The molecule has 0 spiro atoms. The maximum absolute atomic E-state index is 11.9. The molecule has 0 radical (unpaired) electrons. The van der Waals surface area contributed by atoms with Crippen molar-refractivity contribution < 1.29 is 14.6 Å². The van der Waals surface area contributed by atoms with E-state index in [0.717, 1.165) is 5.69 Å². The van der Waals surface area contributed by atoms with Crippen molar-refractivity contribution in [3.63, 3.8) is 0 Å². The first-order chi connectivity index (χ1) is 7.56. The van der Waals surface area contributed by atoms with E-state index >= 15 is 0 Å². The Morgan fingerprint density at radius 2 is 2.44 bits per heavy atom. The van der Waals surface area contributed by atoms with Gasteiger partial charge < -0.3 is 14.7 Å². The third-order valence-corrected chi connectivity index (χ3v) is 3.05. The largest absolute Gasteiger partial charge is 0.389 e. The van der Waals surface area contributed by atoms with Gasteiger partial charge in [0.1, 0.15) is 4.88 Å². The van der Waals surface area contributed by atoms with Crippen molar-refractivity contribution in [3.05, 3.63) is 16.1 Å². The van der Waals surface area contributed by atoms with Crippen LogP contribution in [0.25, 0.3) is 0 Å². The summed E-state index contributed by atoms with van der Waals surface area (Å²) in [6.07, 6.45) is -0.660. The van der Waals surface area contributed by atoms with Crippen LogP contribution in [0, 0.1) is 6.92 Å². The van der Waals surface area contributed by atoms with E-state index in [4.69, 9.17) is 4.74 Å². The average molecular weight is 244 g/mol. The number of nitrogens with zero attached hydrogens (tertiary/aromatic N) is 2. The minimum atomic E-state index is -0.660. The zero-order chi connectivity index (χ0) is 12.1. The fourth-order valence-electron chi connectivity index (χ4n) is 1.32. The molecule has 1 aromatic rings. The highest BCUT2D eigenvalue weighted by Crippen LogP contribution is 2.14. The molecule has 0 saturated carbocycles. The van der Waals surface area contributed by atoms with Crippen molar-refractivity contribution >= 4 is 17.2 Å². The number of rotatable bonds is 5. The average Bonchev–Trinajstić information content (AvgIpc) is 2.63. The van der Waals surface area contributed by atoms with Crippen molar-refractivity contribution in [1.29, 1.82) is 0 Å². The summed E-state index contributed by atoms with van der Waals surface area (Å²) in [4.78, 5) is 18.0. The molecule has 1 heterocycles. The lowest BCUT2D eigenvalue weighted by molar-refractivity contribution is 0.0382. The van der Waals surface area contributed by atoms with Gasteiger partial charge in [-0.3, -0.25) is 4.79 Å². The number of aryl methyl sites for hydroxylation is 1. The normalized spacial score (nSPS) is 12.5. The van der Waals surface area contributed by atoms with Gasteiger partial charge in [-0.2, -0.15) is 0 Å². The minimum Gasteiger partial charge on any atom is -0.389 e. The van der Waals surface area contributed by atoms with Gasteiger partial charge in [0.25, 0.3) is 5.91 Å². The molecule has 0 aliphatic carbocycles. The quantitative estimate of drug-likeness (QED) is 0.820. The molecule has 0 saturated heterocycles. The Bertz CT molecular complexity index is 354. The maximum Gasteiger partial charge on any atom is 0.265 e. The molecule has 0 aliphatic heterocycles. The van der Waals surface area contributed by atoms with Gasteiger partial charge in [-0.15, -0.1) is 11.3 Å². The van der Waals surface area contributed by atoms with Crippen LogP contribution in [0.15, 0.2) is 5.51 Å². The smallest absolute Gasteiger partial charge is 0.265 e. The van der Waals surface area contributed by atoms with Gasteiger partial charge in [0, 0.05) is 20.7 Å². The van der Waals surface area contributed by atoms with Crippen molar-refractivity contribution in [3.8, 4) is 0 Å². The monoisotopic (exact) mass is 244 g/mol. The van der Waals surface area contributed by atoms with Crippen molar-refractivity contribution in [1.82, 2.24) is 9.88 Å². The van der Waals surface area contributed by atoms with Gasteiger partial charge in [-0.1, -0.05) is 0 Å². The van der Waals surface area contributed by atoms with Crippen LogP contribution in [-0.4, -0.2) is 54.3 Å². The predicted molar refractivity (Wildman–Crippen MR) is 61.7 cm³/mol. The van der Waals surface area contributed by atoms with E-state index in [0.29, 0.717) is 4.88 Å². The van der Waals surface area contributed by atoms with Crippen LogP contribution in [-0.2, 0) is 4.74 Å². The first-order valence-corrected chi connectivity index (χ1v) is 5.76. The van der Waals surface area contributed by atoms with E-state index in [-0.39, 0.29) is 19.1 Å². The molecule has 5 nitrogen and oxygen atoms in total. The van der Waals surface area contributed by atoms with Gasteiger partial charge >= 0.3 is 0 Å². The number of carbonyl (C=O) groups excluding carboxylic acids is 1. The van der Waals surface area contributed by atoms with E-state index in [1.54, 1.807) is 19.5 Å². The summed E-state index contributed by atoms with van der Waals surface area (Å²) in [6, 6.07) is 0. The molecule has 0 aliphatic rings. The zero-order valence-corrected chi connectivity index (χ0v) is 10.5. The second kappa shape index (κ2) is 5.93. The molecular weight excluding hydrogens is 228 g/mol. The number of methoxy groups -OCH3 is 1. The molecule has 6 heteroatoms. The summed E-state index contributed by atoms with van der Waals surface area (Å²) in [5.74, 6) is -0.116. The number of likely N-dealkylation sites (N-methyl/N-ethyl adjacent to an activating group) is 1. The topological polar surface area (TPSA) is 62.7 Å². The lowest BCUT2D eigenvalue weighted by atomic mass is 10.3. The van der Waals surface area contributed by atoms with Crippen LogP contribution in [0.3, 0.4) is 0 Å². The van der Waals surface area contributed by atoms with E-state index in [1.165, 1.54) is 23.3 Å². The van der Waals surface area contributed by atoms with Crippen molar-refractivity contribution in [2.75, 3.05) is 27.3 Å². The molecule has 0 bridgehead atoms. The highest BCUT2D eigenvalue weighted by Gasteiger charge is 2.18. The molecule has 1 N–H and O–H groups in total. The SMILES string of the molecule is COCC(O)CN(C)C(=O)c1scnc1C. The fraction of sp³-hybridized carbons (Fsp3) is 0.600. The molecule has 0 fully saturated rings. The zero-order valence-electron chi connectivity index (χ0n) is 9.64. The van der Waals surface area contributed by atoms with E-state index in [1.807, 2.05) is 0 Å². The molecule has 1 amide bonds. The van der Waals surface area contributed by atoms with Crippen LogP contribution in [0.1, 0.15) is 15.4 Å². The Morgan fingerprint density at radius 3 is 2.94 bits per heavy atom. The predicted octanol–water partition coefficient (Wildman–Crippen LogP) is 0.531. The Labute approximate surface area is 98.7 Å². The Morgan fingerprint density at radius 1 is 1.75 bits per heavy atom. The summed E-state index contributed by atoms with van der Waals surface area (Å²) in [5, 5.41) is 9.50. The summed E-state index contributed by atoms with van der Waals surface area (Å²) >= 11 is 1.31. The van der Waals surface area contributed by atoms with E-state index in [9.17, 15) is 9.90 Å². The highest BCUT2D eigenvalue weighted by atomic mass is 32.1. The highest BCUT2D eigenvalue weighted by molar-refractivity contribution is 7.11. The standard InChI is InChI=1S/C10H16N2O3S/c1-7-9(16-6-11-7)10(14)12(2)4-8(13)5-15-3/h6,8,13H,4-5H2,1-3H3. The Kier molecular flexibility index (Phi) is 4.85. The molecule has 90 valence electrons. The molecule has 1 aromatic heterocycles. The van der Waals surface area contributed by atoms with Crippen LogP contribution in [0.4, 0.5) is 0 Å². The maximum atomic E-state index is 11.9. The van der Waals surface area contributed by atoms with E-state index in [2.05, 4.69) is 4.98 Å². The summed E-state index contributed by atoms with van der Waals surface area (Å²) < 4.78 is 4.80. The number of hydrogen-bond acceptors (Lipinski definition) is 5. The van der Waals surface area contributed by atoms with Crippen LogP contribution in [0.2, 0.25) is 0 Å². The molecule has 1 unspecified atom stereocenters. The lowest BCUT2D eigenvalue weighted by Gasteiger charge is -2.19. The number of thiazole rings is 1. The van der Waals surface area contributed by atoms with Gasteiger partial charge in [0.15, 0.2) is 0 Å². The Balaban J connectivity index is 2.58. The number of amides is 1. The molecular formula is C10H16N2O3S. The molecule has 1 atom stereocenters. The van der Waals surface area contributed by atoms with E-state index < -0.39 is 6.10 Å². The number of carbonyl (C=O) groups is 1. The third-order valence-electron chi connectivity index (χ3n) is 2.13. The van der Waals surface area contributed by atoms with Gasteiger partial charge in [0.2, 0.25) is 0 Å². The first kappa shape index (κ1) is 13.1. The number of hydrogen-bond donors (Lipinski definition) is 1. The number of aliphatic hydroxyl groups excluding tert-OH is 1. The third kappa shape index (κ3) is 3.26. The van der Waals surface area contributed by atoms with Gasteiger partial charge in [-0.05, 0) is 6.92 Å². The van der Waals surface area contributed by atoms with Crippen molar-refractivity contribution in [2.24, 2.45) is 0 Å². The first-order valence-electron chi connectivity index (χ1n) is 4.88. The summed E-state index contributed by atoms with van der Waals surface area (Å²) in [7, 11) is 3.17. The van der Waals surface area contributed by atoms with Crippen LogP contribution < -0.4 is 0 Å². The molecule has 1 rings (SSSR count). The summed E-state index contributed by atoms with van der Waals surface area (Å²) in [6.45, 7) is 2.27. The molecule has 16 heavy (non-hydrogen) atoms. The van der Waals surface area contributed by atoms with Gasteiger partial charge in [-0.25, -0.2) is 4.98 Å². The number of aliphatic hydroxyl groups is 1. The number of aromatic nitrogens is 1. The number of ether oxygens (including phenoxy) is 1. The minimum absolute atomic E-state index is 0.116. The van der Waals surface area contributed by atoms with Crippen molar-refractivity contribution in [2.45, 2.75) is 13.0 Å². The Hall–Kier alpha value is -0.980. The molecule has 0 aromatic carbocycles. The second-order valence-electron chi connectivity index (χ2n) is 3.56. The second-order valence-corrected chi connectivity index (χ2v) is 4.42.